The Balaban J connectivity index is 2.15. The van der Waals surface area contributed by atoms with Crippen molar-refractivity contribution >= 4 is 17.3 Å². The molecule has 2 N–H and O–H groups in total. The van der Waals surface area contributed by atoms with Crippen LogP contribution in [0, 0.1) is 0 Å². The molecule has 0 bridgehead atoms. The summed E-state index contributed by atoms with van der Waals surface area (Å²) in [5.41, 5.74) is 2.33. The van der Waals surface area contributed by atoms with Gasteiger partial charge in [-0.15, -0.1) is 0 Å². The number of rotatable bonds is 6. The standard InChI is InChI=1S/C14H21ClN2O/c1-10(9-18)17(2)14-6-3-12(15)7-11(14)8-16-13-4-5-13/h3,6-7,10,13,16,18H,4-5,8-9H2,1-2H3. The van der Waals surface area contributed by atoms with Gasteiger partial charge in [0.15, 0.2) is 0 Å². The van der Waals surface area contributed by atoms with Gasteiger partial charge in [-0.1, -0.05) is 11.6 Å². The maximum Gasteiger partial charge on any atom is 0.0632 e. The molecule has 100 valence electrons. The summed E-state index contributed by atoms with van der Waals surface area (Å²) in [5, 5.41) is 13.5. The summed E-state index contributed by atoms with van der Waals surface area (Å²) < 4.78 is 0. The average molecular weight is 269 g/mol. The predicted molar refractivity (Wildman–Crippen MR) is 76.3 cm³/mol. The molecule has 0 amide bonds. The van der Waals surface area contributed by atoms with Crippen LogP contribution in [0.4, 0.5) is 5.69 Å². The summed E-state index contributed by atoms with van der Waals surface area (Å²) in [6, 6.07) is 6.71. The molecule has 1 unspecified atom stereocenters. The van der Waals surface area contributed by atoms with Gasteiger partial charge in [0, 0.05) is 36.4 Å². The summed E-state index contributed by atoms with van der Waals surface area (Å²) in [6.07, 6.45) is 2.55. The number of aliphatic hydroxyl groups is 1. The molecule has 3 nitrogen and oxygen atoms in total. The molecular formula is C14H21ClN2O. The highest BCUT2D eigenvalue weighted by atomic mass is 35.5. The molecule has 1 aromatic rings. The molecule has 2 rings (SSSR count). The second-order valence-corrected chi connectivity index (χ2v) is 5.51. The zero-order valence-corrected chi connectivity index (χ0v) is 11.7. The molecule has 0 spiro atoms. The van der Waals surface area contributed by atoms with Crippen molar-refractivity contribution in [2.45, 2.75) is 38.4 Å². The van der Waals surface area contributed by atoms with E-state index in [1.165, 1.54) is 18.4 Å². The van der Waals surface area contributed by atoms with Crippen molar-refractivity contribution in [3.8, 4) is 0 Å². The number of hydrogen-bond acceptors (Lipinski definition) is 3. The molecule has 0 aromatic heterocycles. The molecule has 1 fully saturated rings. The second kappa shape index (κ2) is 5.91. The van der Waals surface area contributed by atoms with Gasteiger partial charge >= 0.3 is 0 Å². The minimum absolute atomic E-state index is 0.103. The average Bonchev–Trinajstić information content (AvgIpc) is 3.18. The molecule has 0 aliphatic heterocycles. The first-order chi connectivity index (χ1) is 8.61. The topological polar surface area (TPSA) is 35.5 Å². The van der Waals surface area contributed by atoms with Crippen LogP contribution in [0.1, 0.15) is 25.3 Å². The van der Waals surface area contributed by atoms with Gasteiger partial charge in [-0.25, -0.2) is 0 Å². The van der Waals surface area contributed by atoms with E-state index in [0.717, 1.165) is 17.3 Å². The molecule has 4 heteroatoms. The van der Waals surface area contributed by atoms with Gasteiger partial charge in [-0.3, -0.25) is 0 Å². The molecule has 1 aliphatic carbocycles. The van der Waals surface area contributed by atoms with Crippen LogP contribution in [0.2, 0.25) is 5.02 Å². The number of nitrogens with one attached hydrogen (secondary N) is 1. The summed E-state index contributed by atoms with van der Waals surface area (Å²) in [6.45, 7) is 2.99. The maximum atomic E-state index is 9.26. The van der Waals surface area contributed by atoms with E-state index in [-0.39, 0.29) is 12.6 Å². The predicted octanol–water partition coefficient (Wildman–Crippen LogP) is 2.41. The lowest BCUT2D eigenvalue weighted by Gasteiger charge is -2.28. The first-order valence-electron chi connectivity index (χ1n) is 6.47. The van der Waals surface area contributed by atoms with Gasteiger partial charge in [-0.05, 0) is 43.5 Å². The van der Waals surface area contributed by atoms with Gasteiger partial charge in [0.05, 0.1) is 6.61 Å². The fourth-order valence-corrected chi connectivity index (χ4v) is 2.14. The highest BCUT2D eigenvalue weighted by Crippen LogP contribution is 2.26. The van der Waals surface area contributed by atoms with E-state index < -0.39 is 0 Å². The molecule has 0 heterocycles. The van der Waals surface area contributed by atoms with Crippen LogP contribution in [0.15, 0.2) is 18.2 Å². The van der Waals surface area contributed by atoms with Gasteiger partial charge in [0.1, 0.15) is 0 Å². The van der Waals surface area contributed by atoms with Crippen LogP contribution in [-0.2, 0) is 6.54 Å². The fourth-order valence-electron chi connectivity index (χ4n) is 1.94. The van der Waals surface area contributed by atoms with Crippen LogP contribution in [0.5, 0.6) is 0 Å². The summed E-state index contributed by atoms with van der Waals surface area (Å²) in [7, 11) is 2.00. The third kappa shape index (κ3) is 3.37. The van der Waals surface area contributed by atoms with Crippen LogP contribution in [-0.4, -0.2) is 30.8 Å². The minimum Gasteiger partial charge on any atom is -0.394 e. The van der Waals surface area contributed by atoms with Crippen LogP contribution in [0.3, 0.4) is 0 Å². The molecule has 1 atom stereocenters. The zero-order chi connectivity index (χ0) is 13.1. The Labute approximate surface area is 114 Å². The third-order valence-electron chi connectivity index (χ3n) is 3.51. The van der Waals surface area contributed by atoms with E-state index in [4.69, 9.17) is 11.6 Å². The first kappa shape index (κ1) is 13.7. The Bertz CT molecular complexity index is 407. The lowest BCUT2D eigenvalue weighted by Crippen LogP contribution is -2.33. The van der Waals surface area contributed by atoms with Gasteiger partial charge in [0.25, 0.3) is 0 Å². The van der Waals surface area contributed by atoms with Crippen molar-refractivity contribution in [3.05, 3.63) is 28.8 Å². The SMILES string of the molecule is CC(CO)N(C)c1ccc(Cl)cc1CNC1CC1. The normalized spacial score (nSPS) is 16.7. The summed E-state index contributed by atoms with van der Waals surface area (Å²) >= 11 is 6.07. The lowest BCUT2D eigenvalue weighted by molar-refractivity contribution is 0.270. The van der Waals surface area contributed by atoms with Crippen molar-refractivity contribution in [2.75, 3.05) is 18.6 Å². The largest absolute Gasteiger partial charge is 0.394 e. The number of likely N-dealkylation sites (N-methyl/N-ethyl adjacent to an activating group) is 1. The monoisotopic (exact) mass is 268 g/mol. The number of aliphatic hydroxyl groups excluding tert-OH is 1. The lowest BCUT2D eigenvalue weighted by atomic mass is 10.1. The highest BCUT2D eigenvalue weighted by molar-refractivity contribution is 6.30. The zero-order valence-electron chi connectivity index (χ0n) is 11.0. The van der Waals surface area contributed by atoms with Gasteiger partial charge in [0.2, 0.25) is 0 Å². The highest BCUT2D eigenvalue weighted by Gasteiger charge is 2.21. The van der Waals surface area contributed by atoms with E-state index in [2.05, 4.69) is 10.2 Å². The molecule has 0 radical (unpaired) electrons. The molecule has 1 aromatic carbocycles. The van der Waals surface area contributed by atoms with E-state index in [1.807, 2.05) is 32.2 Å². The second-order valence-electron chi connectivity index (χ2n) is 5.07. The first-order valence-corrected chi connectivity index (χ1v) is 6.85. The Morgan fingerprint density at radius 2 is 2.22 bits per heavy atom. The van der Waals surface area contributed by atoms with Crippen molar-refractivity contribution < 1.29 is 5.11 Å². The van der Waals surface area contributed by atoms with Gasteiger partial charge < -0.3 is 15.3 Å². The Hall–Kier alpha value is -0.770. The smallest absolute Gasteiger partial charge is 0.0632 e. The molecule has 1 saturated carbocycles. The minimum atomic E-state index is 0.103. The Kier molecular flexibility index (Phi) is 4.49. The van der Waals surface area contributed by atoms with Crippen molar-refractivity contribution in [3.63, 3.8) is 0 Å². The van der Waals surface area contributed by atoms with Crippen molar-refractivity contribution in [2.24, 2.45) is 0 Å². The third-order valence-corrected chi connectivity index (χ3v) is 3.74. The quantitative estimate of drug-likeness (QED) is 0.832. The molecule has 1 aliphatic rings. The summed E-state index contributed by atoms with van der Waals surface area (Å²) in [4.78, 5) is 2.10. The Morgan fingerprint density at radius 1 is 1.50 bits per heavy atom. The maximum absolute atomic E-state index is 9.26. The van der Waals surface area contributed by atoms with E-state index >= 15 is 0 Å². The fraction of sp³-hybridized carbons (Fsp3) is 0.571. The number of benzene rings is 1. The van der Waals surface area contributed by atoms with Crippen LogP contribution in [0.25, 0.3) is 0 Å². The number of nitrogens with zero attached hydrogens (tertiary/aromatic N) is 1. The van der Waals surface area contributed by atoms with Gasteiger partial charge in [-0.2, -0.15) is 0 Å². The van der Waals surface area contributed by atoms with E-state index in [0.29, 0.717) is 6.04 Å². The van der Waals surface area contributed by atoms with E-state index in [1.54, 1.807) is 0 Å². The van der Waals surface area contributed by atoms with Crippen LogP contribution < -0.4 is 10.2 Å². The summed E-state index contributed by atoms with van der Waals surface area (Å²) in [5.74, 6) is 0. The van der Waals surface area contributed by atoms with Crippen LogP contribution >= 0.6 is 11.6 Å². The van der Waals surface area contributed by atoms with E-state index in [9.17, 15) is 5.11 Å². The number of anilines is 1. The number of hydrogen-bond donors (Lipinski definition) is 2. The Morgan fingerprint density at radius 3 is 2.83 bits per heavy atom. The molecule has 0 saturated heterocycles. The van der Waals surface area contributed by atoms with Crippen molar-refractivity contribution in [1.29, 1.82) is 0 Å². The molecular weight excluding hydrogens is 248 g/mol. The molecule has 18 heavy (non-hydrogen) atoms. The number of halogens is 1. The van der Waals surface area contributed by atoms with Crippen molar-refractivity contribution in [1.82, 2.24) is 5.32 Å².